The number of amidine groups is 1. The molecular weight excluding hydrogens is 360 g/mol. The average Bonchev–Trinajstić information content (AvgIpc) is 2.73. The van der Waals surface area contributed by atoms with Gasteiger partial charge in [0, 0.05) is 24.1 Å². The number of carbonyl (C=O) groups is 2. The summed E-state index contributed by atoms with van der Waals surface area (Å²) in [6.07, 6.45) is 1.18. The lowest BCUT2D eigenvalue weighted by Gasteiger charge is -2.29. The van der Waals surface area contributed by atoms with Gasteiger partial charge in [0.15, 0.2) is 0 Å². The summed E-state index contributed by atoms with van der Waals surface area (Å²) in [5, 5.41) is 0. The lowest BCUT2D eigenvalue weighted by atomic mass is 10.2. The van der Waals surface area contributed by atoms with Gasteiger partial charge < -0.3 is 9.80 Å². The Hall–Kier alpha value is -1.73. The second kappa shape index (κ2) is 6.80. The molecule has 23 heavy (non-hydrogen) atoms. The molecule has 0 radical (unpaired) electrons. The summed E-state index contributed by atoms with van der Waals surface area (Å²) in [4.78, 5) is 34.5. The summed E-state index contributed by atoms with van der Waals surface area (Å²) in [7, 11) is 2.08. The SMILES string of the molecule is CN1CCCN(C2=NC(=O)N(c3ccc(Br)cc3)C(=O)C2)CC1. The second-order valence-electron chi connectivity index (χ2n) is 5.84. The van der Waals surface area contributed by atoms with E-state index in [1.54, 1.807) is 24.3 Å². The van der Waals surface area contributed by atoms with Gasteiger partial charge in [0.2, 0.25) is 5.91 Å². The van der Waals surface area contributed by atoms with Crippen LogP contribution in [-0.4, -0.2) is 60.8 Å². The van der Waals surface area contributed by atoms with Crippen LogP contribution < -0.4 is 4.90 Å². The number of benzene rings is 1. The number of halogens is 1. The highest BCUT2D eigenvalue weighted by molar-refractivity contribution is 9.10. The number of anilines is 1. The summed E-state index contributed by atoms with van der Waals surface area (Å²) < 4.78 is 0.899. The fourth-order valence-corrected chi connectivity index (χ4v) is 3.12. The van der Waals surface area contributed by atoms with Crippen LogP contribution in [0, 0.1) is 0 Å². The molecule has 0 saturated carbocycles. The van der Waals surface area contributed by atoms with Crippen molar-refractivity contribution in [3.63, 3.8) is 0 Å². The van der Waals surface area contributed by atoms with E-state index in [0.717, 1.165) is 42.0 Å². The highest BCUT2D eigenvalue weighted by Gasteiger charge is 2.32. The molecule has 0 bridgehead atoms. The molecule has 7 heteroatoms. The van der Waals surface area contributed by atoms with Crippen LogP contribution in [0.25, 0.3) is 0 Å². The van der Waals surface area contributed by atoms with Gasteiger partial charge in [0.1, 0.15) is 5.84 Å². The maximum Gasteiger partial charge on any atom is 0.356 e. The van der Waals surface area contributed by atoms with Crippen molar-refractivity contribution in [2.24, 2.45) is 4.99 Å². The van der Waals surface area contributed by atoms with E-state index < -0.39 is 6.03 Å². The van der Waals surface area contributed by atoms with Gasteiger partial charge in [-0.1, -0.05) is 15.9 Å². The zero-order valence-corrected chi connectivity index (χ0v) is 14.6. The van der Waals surface area contributed by atoms with Crippen LogP contribution in [0.4, 0.5) is 10.5 Å². The number of hydrogen-bond acceptors (Lipinski definition) is 4. The topological polar surface area (TPSA) is 56.2 Å². The average molecular weight is 379 g/mol. The van der Waals surface area contributed by atoms with E-state index in [2.05, 4.69) is 37.8 Å². The van der Waals surface area contributed by atoms with Crippen molar-refractivity contribution < 1.29 is 9.59 Å². The quantitative estimate of drug-likeness (QED) is 0.752. The van der Waals surface area contributed by atoms with Crippen molar-refractivity contribution in [3.8, 4) is 0 Å². The number of rotatable bonds is 1. The molecule has 6 nitrogen and oxygen atoms in total. The molecule has 2 heterocycles. The first-order valence-corrected chi connectivity index (χ1v) is 8.47. The van der Waals surface area contributed by atoms with Crippen molar-refractivity contribution in [1.29, 1.82) is 0 Å². The number of likely N-dealkylation sites (N-methyl/N-ethyl adjacent to an activating group) is 1. The molecule has 122 valence electrons. The molecular formula is C16H19BrN4O2. The maximum atomic E-state index is 12.5. The molecule has 2 aliphatic rings. The number of hydrogen-bond donors (Lipinski definition) is 0. The van der Waals surface area contributed by atoms with E-state index in [4.69, 9.17) is 0 Å². The third-order valence-corrected chi connectivity index (χ3v) is 4.67. The molecule has 1 saturated heterocycles. The number of carbonyl (C=O) groups excluding carboxylic acids is 2. The normalized spacial score (nSPS) is 20.5. The number of aliphatic imine (C=N–C) groups is 1. The lowest BCUT2D eigenvalue weighted by Crippen LogP contribution is -2.46. The Morgan fingerprint density at radius 2 is 1.78 bits per heavy atom. The van der Waals surface area contributed by atoms with E-state index in [9.17, 15) is 9.59 Å². The third-order valence-electron chi connectivity index (χ3n) is 4.14. The maximum absolute atomic E-state index is 12.5. The Kier molecular flexibility index (Phi) is 4.77. The first-order valence-electron chi connectivity index (χ1n) is 7.68. The van der Waals surface area contributed by atoms with Gasteiger partial charge in [-0.3, -0.25) is 4.79 Å². The van der Waals surface area contributed by atoms with Gasteiger partial charge in [-0.25, -0.2) is 9.69 Å². The first-order chi connectivity index (χ1) is 11.0. The molecule has 0 N–H and O–H groups in total. The van der Waals surface area contributed by atoms with E-state index in [1.807, 2.05) is 0 Å². The van der Waals surface area contributed by atoms with Gasteiger partial charge in [0.25, 0.3) is 0 Å². The van der Waals surface area contributed by atoms with Gasteiger partial charge in [-0.15, -0.1) is 0 Å². The minimum atomic E-state index is -0.504. The van der Waals surface area contributed by atoms with E-state index in [-0.39, 0.29) is 12.3 Å². The number of amides is 3. The van der Waals surface area contributed by atoms with Gasteiger partial charge in [-0.05, 0) is 44.3 Å². The Morgan fingerprint density at radius 1 is 1.04 bits per heavy atom. The molecule has 0 atom stereocenters. The Morgan fingerprint density at radius 3 is 2.48 bits per heavy atom. The van der Waals surface area contributed by atoms with Crippen LogP contribution in [0.3, 0.4) is 0 Å². The standard InChI is InChI=1S/C16H19BrN4O2/c1-19-7-2-8-20(10-9-19)14-11-15(22)21(16(23)18-14)13-5-3-12(17)4-6-13/h3-6H,2,7-11H2,1H3. The summed E-state index contributed by atoms with van der Waals surface area (Å²) >= 11 is 3.35. The zero-order valence-electron chi connectivity index (χ0n) is 13.0. The molecule has 1 aromatic carbocycles. The van der Waals surface area contributed by atoms with Crippen LogP contribution >= 0.6 is 15.9 Å². The molecule has 0 aliphatic carbocycles. The van der Waals surface area contributed by atoms with E-state index in [0.29, 0.717) is 11.5 Å². The van der Waals surface area contributed by atoms with Crippen molar-refractivity contribution in [2.45, 2.75) is 12.8 Å². The fourth-order valence-electron chi connectivity index (χ4n) is 2.85. The smallest absolute Gasteiger partial charge is 0.356 e. The Labute approximate surface area is 143 Å². The number of urea groups is 1. The third kappa shape index (κ3) is 3.61. The molecule has 3 rings (SSSR count). The Bertz CT molecular complexity index is 644. The molecule has 1 aromatic rings. The minimum absolute atomic E-state index is 0.172. The molecule has 3 amide bonds. The fraction of sp³-hybridized carbons (Fsp3) is 0.438. The Balaban J connectivity index is 1.79. The largest absolute Gasteiger partial charge is 0.358 e. The highest BCUT2D eigenvalue weighted by Crippen LogP contribution is 2.23. The van der Waals surface area contributed by atoms with Crippen molar-refractivity contribution in [1.82, 2.24) is 9.80 Å². The molecule has 0 aromatic heterocycles. The van der Waals surface area contributed by atoms with E-state index >= 15 is 0 Å². The zero-order chi connectivity index (χ0) is 16.4. The van der Waals surface area contributed by atoms with Crippen LogP contribution in [-0.2, 0) is 4.79 Å². The van der Waals surface area contributed by atoms with E-state index in [1.165, 1.54) is 0 Å². The first kappa shape index (κ1) is 16.1. The summed E-state index contributed by atoms with van der Waals surface area (Å²) in [5.74, 6) is 0.378. The minimum Gasteiger partial charge on any atom is -0.358 e. The van der Waals surface area contributed by atoms with Gasteiger partial charge in [-0.2, -0.15) is 4.99 Å². The second-order valence-corrected chi connectivity index (χ2v) is 6.75. The number of imide groups is 1. The van der Waals surface area contributed by atoms with Crippen LogP contribution in [0.15, 0.2) is 33.7 Å². The van der Waals surface area contributed by atoms with Crippen LogP contribution in [0.5, 0.6) is 0 Å². The number of nitrogens with zero attached hydrogens (tertiary/aromatic N) is 4. The summed E-state index contributed by atoms with van der Waals surface area (Å²) in [6, 6.07) is 6.58. The molecule has 1 fully saturated rings. The molecule has 2 aliphatic heterocycles. The van der Waals surface area contributed by atoms with Crippen molar-refractivity contribution >= 4 is 39.4 Å². The predicted molar refractivity (Wildman–Crippen MR) is 92.8 cm³/mol. The summed E-state index contributed by atoms with van der Waals surface area (Å²) in [6.45, 7) is 3.57. The van der Waals surface area contributed by atoms with Crippen molar-refractivity contribution in [3.05, 3.63) is 28.7 Å². The highest BCUT2D eigenvalue weighted by atomic mass is 79.9. The van der Waals surface area contributed by atoms with Gasteiger partial charge in [0.05, 0.1) is 12.1 Å². The predicted octanol–water partition coefficient (Wildman–Crippen LogP) is 2.34. The van der Waals surface area contributed by atoms with Gasteiger partial charge >= 0.3 is 6.03 Å². The molecule has 0 unspecified atom stereocenters. The summed E-state index contributed by atoms with van der Waals surface area (Å²) in [5.41, 5.74) is 0.557. The van der Waals surface area contributed by atoms with Crippen molar-refractivity contribution in [2.75, 3.05) is 38.1 Å². The monoisotopic (exact) mass is 378 g/mol. The lowest BCUT2D eigenvalue weighted by molar-refractivity contribution is -0.117. The molecule has 0 spiro atoms. The van der Waals surface area contributed by atoms with Crippen LogP contribution in [0.1, 0.15) is 12.8 Å². The van der Waals surface area contributed by atoms with Crippen LogP contribution in [0.2, 0.25) is 0 Å².